The first kappa shape index (κ1) is 27.0. The summed E-state index contributed by atoms with van der Waals surface area (Å²) in [6.45, 7) is 5.41. The van der Waals surface area contributed by atoms with Gasteiger partial charge in [-0.3, -0.25) is 10.2 Å². The van der Waals surface area contributed by atoms with E-state index in [4.69, 9.17) is 20.6 Å². The Morgan fingerprint density at radius 3 is 2.50 bits per heavy atom. The fourth-order valence-corrected chi connectivity index (χ4v) is 5.08. The molecule has 3 aliphatic rings. The average molecular weight is 540 g/mol. The molecule has 0 saturated carbocycles. The summed E-state index contributed by atoms with van der Waals surface area (Å²) >= 11 is 0. The largest absolute Gasteiger partial charge is 0.407 e. The first-order valence-corrected chi connectivity index (χ1v) is 13.5. The molecule has 2 aromatic carbocycles. The maximum atomic E-state index is 13.1. The molecule has 2 bridgehead atoms. The van der Waals surface area contributed by atoms with Crippen LogP contribution in [0.4, 0.5) is 11.5 Å². The molecule has 10 heteroatoms. The minimum Gasteiger partial charge on any atom is -0.407 e. The standard InChI is InChI=1S/C28H27N7O3.C2H6/c29-24(21-10-6-14-31-26(21)35-15-18-12-13-19(16-35)37-18)38-28(30)34-25-27(36)32-22-11-5-4-9-20(22)23(33-25)17-7-2-1-3-8-17;1-2/h1-11,14,18-19,25,29H,12-13,15-16H2,(H2,30,34)(H,32,36);1-2H3. The molecule has 4 N–H and O–H groups in total. The van der Waals surface area contributed by atoms with E-state index in [0.717, 1.165) is 24.0 Å². The van der Waals surface area contributed by atoms with Crippen molar-refractivity contribution in [3.05, 3.63) is 89.6 Å². The number of nitrogens with one attached hydrogen (secondary N) is 2. The number of morpholine rings is 1. The number of benzodiazepines with no additional fused rings is 1. The van der Waals surface area contributed by atoms with Crippen LogP contribution in [0.25, 0.3) is 0 Å². The van der Waals surface area contributed by atoms with E-state index in [1.165, 1.54) is 0 Å². The molecular weight excluding hydrogens is 506 g/mol. The zero-order chi connectivity index (χ0) is 28.1. The number of rotatable bonds is 4. The van der Waals surface area contributed by atoms with Gasteiger partial charge < -0.3 is 25.4 Å². The Kier molecular flexibility index (Phi) is 8.16. The highest BCUT2D eigenvalue weighted by Crippen LogP contribution is 2.30. The SMILES string of the molecule is CC.N=C(O/C(N)=N/C1N=C(c2ccccc2)c2ccccc2NC1=O)c1cccnc1N1CC2CCC(C1)O2. The zero-order valence-corrected chi connectivity index (χ0v) is 22.6. The normalized spacial score (nSPS) is 21.7. The van der Waals surface area contributed by atoms with Gasteiger partial charge in [0.15, 0.2) is 0 Å². The minimum atomic E-state index is -1.20. The number of carbonyl (C=O) groups excluding carboxylic acids is 1. The van der Waals surface area contributed by atoms with Crippen LogP contribution in [0.1, 0.15) is 43.4 Å². The van der Waals surface area contributed by atoms with Crippen LogP contribution in [0, 0.1) is 5.41 Å². The van der Waals surface area contributed by atoms with Gasteiger partial charge >= 0.3 is 0 Å². The Bertz CT molecular complexity index is 1430. The third-order valence-corrected chi connectivity index (χ3v) is 6.80. The van der Waals surface area contributed by atoms with Crippen LogP contribution in [-0.4, -0.2) is 60.0 Å². The van der Waals surface area contributed by atoms with Gasteiger partial charge in [0, 0.05) is 30.4 Å². The summed E-state index contributed by atoms with van der Waals surface area (Å²) in [6.07, 6.45) is 2.87. The molecule has 2 fully saturated rings. The number of aromatic nitrogens is 1. The van der Waals surface area contributed by atoms with E-state index < -0.39 is 12.1 Å². The smallest absolute Gasteiger partial charge is 0.291 e. The maximum absolute atomic E-state index is 13.1. The fraction of sp³-hybridized carbons (Fsp3) is 0.300. The molecule has 3 aliphatic heterocycles. The number of hydrogen-bond donors (Lipinski definition) is 3. The van der Waals surface area contributed by atoms with Gasteiger partial charge in [0.2, 0.25) is 12.1 Å². The Morgan fingerprint density at radius 2 is 1.75 bits per heavy atom. The van der Waals surface area contributed by atoms with Gasteiger partial charge in [-0.05, 0) is 31.0 Å². The summed E-state index contributed by atoms with van der Waals surface area (Å²) in [4.78, 5) is 28.6. The lowest BCUT2D eigenvalue weighted by molar-refractivity contribution is -0.117. The fourth-order valence-electron chi connectivity index (χ4n) is 5.08. The molecular formula is C30H33N7O3. The summed E-state index contributed by atoms with van der Waals surface area (Å²) in [7, 11) is 0. The molecule has 40 heavy (non-hydrogen) atoms. The monoisotopic (exact) mass is 539 g/mol. The summed E-state index contributed by atoms with van der Waals surface area (Å²) < 4.78 is 11.5. The number of fused-ring (bicyclic) bond motifs is 3. The number of nitrogens with zero attached hydrogens (tertiary/aromatic N) is 4. The molecule has 3 atom stereocenters. The van der Waals surface area contributed by atoms with Gasteiger partial charge in [0.25, 0.3) is 11.9 Å². The molecule has 1 amide bonds. The molecule has 2 saturated heterocycles. The predicted molar refractivity (Wildman–Crippen MR) is 156 cm³/mol. The lowest BCUT2D eigenvalue weighted by atomic mass is 10.0. The van der Waals surface area contributed by atoms with Crippen LogP contribution in [0.3, 0.4) is 0 Å². The molecule has 0 spiro atoms. The first-order valence-electron chi connectivity index (χ1n) is 13.5. The van der Waals surface area contributed by atoms with Crippen molar-refractivity contribution < 1.29 is 14.3 Å². The van der Waals surface area contributed by atoms with Gasteiger partial charge in [0.05, 0.1) is 29.2 Å². The second kappa shape index (κ2) is 12.1. The second-order valence-corrected chi connectivity index (χ2v) is 9.39. The predicted octanol–water partition coefficient (Wildman–Crippen LogP) is 3.95. The van der Waals surface area contributed by atoms with Crippen molar-refractivity contribution in [2.75, 3.05) is 23.3 Å². The average Bonchev–Trinajstić information content (AvgIpc) is 3.26. The first-order chi connectivity index (χ1) is 19.5. The van der Waals surface area contributed by atoms with Crippen molar-refractivity contribution in [3.8, 4) is 0 Å². The Morgan fingerprint density at radius 1 is 1.05 bits per heavy atom. The highest BCUT2D eigenvalue weighted by atomic mass is 16.5. The summed E-state index contributed by atoms with van der Waals surface area (Å²) in [5.41, 5.74) is 9.44. The molecule has 10 nitrogen and oxygen atoms in total. The van der Waals surface area contributed by atoms with E-state index >= 15 is 0 Å². The van der Waals surface area contributed by atoms with E-state index in [1.807, 2.05) is 68.4 Å². The number of ether oxygens (including phenoxy) is 2. The molecule has 1 aromatic heterocycles. The molecule has 3 unspecified atom stereocenters. The molecule has 0 radical (unpaired) electrons. The van der Waals surface area contributed by atoms with Gasteiger partial charge in [0.1, 0.15) is 5.82 Å². The van der Waals surface area contributed by atoms with E-state index in [-0.39, 0.29) is 24.1 Å². The van der Waals surface area contributed by atoms with Gasteiger partial charge in [-0.2, -0.15) is 4.99 Å². The summed E-state index contributed by atoms with van der Waals surface area (Å²) in [6, 6.07) is 20.2. The van der Waals surface area contributed by atoms with Crippen LogP contribution in [0.5, 0.6) is 0 Å². The number of carbonyl (C=O) groups is 1. The lowest BCUT2D eigenvalue weighted by Gasteiger charge is -2.33. The lowest BCUT2D eigenvalue weighted by Crippen LogP contribution is -2.43. The molecule has 4 heterocycles. The molecule has 6 rings (SSSR count). The minimum absolute atomic E-state index is 0.167. The Labute approximate surface area is 233 Å². The van der Waals surface area contributed by atoms with Gasteiger partial charge in [-0.1, -0.05) is 62.4 Å². The van der Waals surface area contributed by atoms with Crippen molar-refractivity contribution in [1.29, 1.82) is 5.41 Å². The van der Waals surface area contributed by atoms with Crippen LogP contribution < -0.4 is 16.0 Å². The van der Waals surface area contributed by atoms with Gasteiger partial charge in [-0.25, -0.2) is 9.98 Å². The quantitative estimate of drug-likeness (QED) is 0.339. The third kappa shape index (κ3) is 5.72. The number of hydrogen-bond acceptors (Lipinski definition) is 8. The van der Waals surface area contributed by atoms with Crippen LogP contribution in [0.2, 0.25) is 0 Å². The van der Waals surface area contributed by atoms with E-state index in [1.54, 1.807) is 18.3 Å². The van der Waals surface area contributed by atoms with Crippen molar-refractivity contribution in [1.82, 2.24) is 4.98 Å². The van der Waals surface area contributed by atoms with E-state index in [9.17, 15) is 4.79 Å². The van der Waals surface area contributed by atoms with Crippen molar-refractivity contribution in [2.24, 2.45) is 15.7 Å². The number of benzene rings is 2. The van der Waals surface area contributed by atoms with Crippen molar-refractivity contribution in [3.63, 3.8) is 0 Å². The van der Waals surface area contributed by atoms with E-state index in [0.29, 0.717) is 35.9 Å². The number of amides is 1. The Balaban J connectivity index is 0.00000158. The van der Waals surface area contributed by atoms with Crippen LogP contribution >= 0.6 is 0 Å². The number of aliphatic imine (C=N–C) groups is 2. The molecule has 206 valence electrons. The summed E-state index contributed by atoms with van der Waals surface area (Å²) in [5, 5.41) is 11.5. The number of amidine groups is 1. The number of para-hydroxylation sites is 1. The number of pyridine rings is 1. The van der Waals surface area contributed by atoms with Crippen molar-refractivity contribution >= 4 is 35.0 Å². The number of nitrogens with two attached hydrogens (primary N) is 1. The number of anilines is 2. The topological polar surface area (TPSA) is 138 Å². The third-order valence-electron chi connectivity index (χ3n) is 6.80. The molecule has 3 aromatic rings. The Hall–Kier alpha value is -4.57. The molecule has 0 aliphatic carbocycles. The highest BCUT2D eigenvalue weighted by Gasteiger charge is 2.35. The summed E-state index contributed by atoms with van der Waals surface area (Å²) in [5.74, 6) is -0.0253. The van der Waals surface area contributed by atoms with E-state index in [2.05, 4.69) is 25.2 Å². The second-order valence-electron chi connectivity index (χ2n) is 9.39. The maximum Gasteiger partial charge on any atom is 0.291 e. The zero-order valence-electron chi connectivity index (χ0n) is 22.6. The van der Waals surface area contributed by atoms with Crippen LogP contribution in [-0.2, 0) is 14.3 Å². The van der Waals surface area contributed by atoms with Crippen LogP contribution in [0.15, 0.2) is 82.9 Å². The van der Waals surface area contributed by atoms with Gasteiger partial charge in [-0.15, -0.1) is 0 Å². The highest BCUT2D eigenvalue weighted by molar-refractivity contribution is 6.19. The van der Waals surface area contributed by atoms with Crippen molar-refractivity contribution in [2.45, 2.75) is 45.1 Å².